The molecule has 1 aromatic carbocycles. The fraction of sp³-hybridized carbons (Fsp3) is 0.562. The zero-order chi connectivity index (χ0) is 15.4. The molecule has 5 heteroatoms. The summed E-state index contributed by atoms with van der Waals surface area (Å²) in [5, 5.41) is 15.5. The maximum absolute atomic E-state index is 12.2. The predicted molar refractivity (Wildman–Crippen MR) is 81.2 cm³/mol. The number of aliphatic hydroxyl groups is 1. The normalized spacial score (nSPS) is 23.1. The van der Waals surface area contributed by atoms with Gasteiger partial charge in [-0.2, -0.15) is 0 Å². The van der Waals surface area contributed by atoms with Crippen LogP contribution in [0.2, 0.25) is 0 Å². The van der Waals surface area contributed by atoms with E-state index >= 15 is 0 Å². The molecule has 3 atom stereocenters. The van der Waals surface area contributed by atoms with Gasteiger partial charge in [0.1, 0.15) is 5.75 Å². The summed E-state index contributed by atoms with van der Waals surface area (Å²) in [7, 11) is 0. The van der Waals surface area contributed by atoms with Crippen molar-refractivity contribution in [1.29, 1.82) is 0 Å². The van der Waals surface area contributed by atoms with E-state index in [9.17, 15) is 9.90 Å². The lowest BCUT2D eigenvalue weighted by Crippen LogP contribution is -2.41. The summed E-state index contributed by atoms with van der Waals surface area (Å²) < 4.78 is 5.78. The minimum atomic E-state index is -0.437. The number of para-hydroxylation sites is 1. The van der Waals surface area contributed by atoms with Crippen LogP contribution in [-0.4, -0.2) is 35.8 Å². The molecule has 1 fully saturated rings. The average Bonchev–Trinajstić information content (AvgIpc) is 2.85. The standard InChI is InChI=1S/C16H24N2O3/c1-10(2)21-15-7-5-4-6-13(15)11(3)18-16(20)14-8-12(19)9-17-14/h4-7,10-12,14,17,19H,8-9H2,1-3H3,(H,18,20). The first-order valence-corrected chi connectivity index (χ1v) is 7.44. The Labute approximate surface area is 125 Å². The molecule has 5 nitrogen and oxygen atoms in total. The van der Waals surface area contributed by atoms with Crippen molar-refractivity contribution in [2.24, 2.45) is 0 Å². The monoisotopic (exact) mass is 292 g/mol. The van der Waals surface area contributed by atoms with Gasteiger partial charge < -0.3 is 20.5 Å². The Balaban J connectivity index is 2.03. The molecule has 0 aliphatic carbocycles. The van der Waals surface area contributed by atoms with Crippen molar-refractivity contribution < 1.29 is 14.6 Å². The molecule has 3 unspecified atom stereocenters. The minimum absolute atomic E-state index is 0.0840. The average molecular weight is 292 g/mol. The van der Waals surface area contributed by atoms with Crippen LogP contribution >= 0.6 is 0 Å². The van der Waals surface area contributed by atoms with Gasteiger partial charge in [0.2, 0.25) is 5.91 Å². The Morgan fingerprint density at radius 2 is 2.10 bits per heavy atom. The quantitative estimate of drug-likeness (QED) is 0.766. The molecule has 1 heterocycles. The maximum Gasteiger partial charge on any atom is 0.237 e. The van der Waals surface area contributed by atoms with Crippen LogP contribution in [0.4, 0.5) is 0 Å². The van der Waals surface area contributed by atoms with Gasteiger partial charge in [0.05, 0.1) is 24.3 Å². The molecule has 1 aliphatic rings. The fourth-order valence-electron chi connectivity index (χ4n) is 2.51. The van der Waals surface area contributed by atoms with E-state index in [1.165, 1.54) is 0 Å². The van der Waals surface area contributed by atoms with E-state index in [0.29, 0.717) is 13.0 Å². The van der Waals surface area contributed by atoms with Crippen LogP contribution in [0.1, 0.15) is 38.8 Å². The second kappa shape index (κ2) is 6.91. The lowest BCUT2D eigenvalue weighted by molar-refractivity contribution is -0.123. The highest BCUT2D eigenvalue weighted by atomic mass is 16.5. The number of ether oxygens (including phenoxy) is 1. The van der Waals surface area contributed by atoms with E-state index in [4.69, 9.17) is 4.74 Å². The van der Waals surface area contributed by atoms with Gasteiger partial charge in [-0.25, -0.2) is 0 Å². The Bertz CT molecular complexity index is 490. The Hall–Kier alpha value is -1.59. The molecular formula is C16H24N2O3. The van der Waals surface area contributed by atoms with Crippen molar-refractivity contribution in [3.8, 4) is 5.75 Å². The summed E-state index contributed by atoms with van der Waals surface area (Å²) in [5.74, 6) is 0.707. The van der Waals surface area contributed by atoms with E-state index in [-0.39, 0.29) is 24.1 Å². The van der Waals surface area contributed by atoms with Gasteiger partial charge in [-0.05, 0) is 33.3 Å². The zero-order valence-corrected chi connectivity index (χ0v) is 12.8. The Morgan fingerprint density at radius 3 is 2.71 bits per heavy atom. The van der Waals surface area contributed by atoms with Crippen LogP contribution in [-0.2, 0) is 4.79 Å². The van der Waals surface area contributed by atoms with E-state index < -0.39 is 6.10 Å². The van der Waals surface area contributed by atoms with Crippen LogP contribution in [0.25, 0.3) is 0 Å². The number of hydrogen-bond donors (Lipinski definition) is 3. The second-order valence-electron chi connectivity index (χ2n) is 5.79. The summed E-state index contributed by atoms with van der Waals surface area (Å²) >= 11 is 0. The van der Waals surface area contributed by atoms with E-state index in [0.717, 1.165) is 11.3 Å². The number of rotatable bonds is 5. The van der Waals surface area contributed by atoms with Crippen molar-refractivity contribution in [3.05, 3.63) is 29.8 Å². The van der Waals surface area contributed by atoms with Crippen molar-refractivity contribution in [2.75, 3.05) is 6.54 Å². The van der Waals surface area contributed by atoms with Crippen LogP contribution in [0, 0.1) is 0 Å². The Morgan fingerprint density at radius 1 is 1.38 bits per heavy atom. The lowest BCUT2D eigenvalue weighted by Gasteiger charge is -2.21. The largest absolute Gasteiger partial charge is 0.491 e. The van der Waals surface area contributed by atoms with Gasteiger partial charge in [-0.15, -0.1) is 0 Å². The number of amides is 1. The predicted octanol–water partition coefficient (Wildman–Crippen LogP) is 1.37. The third kappa shape index (κ3) is 4.19. The van der Waals surface area contributed by atoms with E-state index in [1.54, 1.807) is 0 Å². The van der Waals surface area contributed by atoms with Crippen molar-refractivity contribution in [2.45, 2.75) is 51.5 Å². The molecule has 116 valence electrons. The van der Waals surface area contributed by atoms with Crippen LogP contribution in [0.3, 0.4) is 0 Å². The molecule has 21 heavy (non-hydrogen) atoms. The summed E-state index contributed by atoms with van der Waals surface area (Å²) in [6, 6.07) is 7.26. The SMILES string of the molecule is CC(C)Oc1ccccc1C(C)NC(=O)C1CC(O)CN1. The first kappa shape index (κ1) is 15.8. The number of benzene rings is 1. The minimum Gasteiger partial charge on any atom is -0.491 e. The molecule has 0 aromatic heterocycles. The number of carbonyl (C=O) groups is 1. The maximum atomic E-state index is 12.2. The van der Waals surface area contributed by atoms with Crippen molar-refractivity contribution in [1.82, 2.24) is 10.6 Å². The molecule has 0 saturated carbocycles. The van der Waals surface area contributed by atoms with Crippen LogP contribution < -0.4 is 15.4 Å². The summed E-state index contributed by atoms with van der Waals surface area (Å²) in [4.78, 5) is 12.2. The smallest absolute Gasteiger partial charge is 0.237 e. The summed E-state index contributed by atoms with van der Waals surface area (Å²) in [5.41, 5.74) is 0.957. The van der Waals surface area contributed by atoms with Gasteiger partial charge in [-0.3, -0.25) is 4.79 Å². The molecule has 1 aromatic rings. The van der Waals surface area contributed by atoms with Gasteiger partial charge in [0.15, 0.2) is 0 Å². The molecule has 1 amide bonds. The first-order valence-electron chi connectivity index (χ1n) is 7.44. The van der Waals surface area contributed by atoms with Gasteiger partial charge in [0, 0.05) is 12.1 Å². The van der Waals surface area contributed by atoms with Gasteiger partial charge in [0.25, 0.3) is 0 Å². The number of hydrogen-bond acceptors (Lipinski definition) is 4. The topological polar surface area (TPSA) is 70.6 Å². The number of carbonyl (C=O) groups excluding carboxylic acids is 1. The van der Waals surface area contributed by atoms with E-state index in [1.807, 2.05) is 45.0 Å². The summed E-state index contributed by atoms with van der Waals surface area (Å²) in [6.07, 6.45) is 0.108. The second-order valence-corrected chi connectivity index (χ2v) is 5.79. The lowest BCUT2D eigenvalue weighted by atomic mass is 10.1. The molecule has 2 rings (SSSR count). The molecule has 3 N–H and O–H groups in total. The highest BCUT2D eigenvalue weighted by Crippen LogP contribution is 2.26. The van der Waals surface area contributed by atoms with Crippen molar-refractivity contribution >= 4 is 5.91 Å². The highest BCUT2D eigenvalue weighted by molar-refractivity contribution is 5.82. The molecule has 0 radical (unpaired) electrons. The summed E-state index contributed by atoms with van der Waals surface area (Å²) in [6.45, 7) is 6.36. The molecule has 0 spiro atoms. The fourth-order valence-corrected chi connectivity index (χ4v) is 2.51. The van der Waals surface area contributed by atoms with Gasteiger partial charge >= 0.3 is 0 Å². The third-order valence-corrected chi connectivity index (χ3v) is 3.53. The first-order chi connectivity index (χ1) is 9.97. The third-order valence-electron chi connectivity index (χ3n) is 3.53. The number of aliphatic hydroxyl groups excluding tert-OH is 1. The molecule has 1 aliphatic heterocycles. The van der Waals surface area contributed by atoms with E-state index in [2.05, 4.69) is 10.6 Å². The van der Waals surface area contributed by atoms with Crippen molar-refractivity contribution in [3.63, 3.8) is 0 Å². The number of nitrogens with one attached hydrogen (secondary N) is 2. The molecular weight excluding hydrogens is 268 g/mol. The number of β-amino-alcohol motifs (C(OH)–C–C–N with tert-alkyl or cyclic N) is 1. The van der Waals surface area contributed by atoms with Gasteiger partial charge in [-0.1, -0.05) is 18.2 Å². The van der Waals surface area contributed by atoms with Crippen LogP contribution in [0.5, 0.6) is 5.75 Å². The highest BCUT2D eigenvalue weighted by Gasteiger charge is 2.29. The van der Waals surface area contributed by atoms with Crippen LogP contribution in [0.15, 0.2) is 24.3 Å². The molecule has 1 saturated heterocycles. The Kier molecular flexibility index (Phi) is 5.20. The molecule has 0 bridgehead atoms. The zero-order valence-electron chi connectivity index (χ0n) is 12.8.